The van der Waals surface area contributed by atoms with Crippen molar-refractivity contribution >= 4 is 35.0 Å². The number of rotatable bonds is 4. The van der Waals surface area contributed by atoms with Crippen LogP contribution in [0.5, 0.6) is 0 Å². The van der Waals surface area contributed by atoms with Gasteiger partial charge in [-0.25, -0.2) is 9.37 Å². The van der Waals surface area contributed by atoms with Crippen molar-refractivity contribution in [1.29, 1.82) is 0 Å². The predicted octanol–water partition coefficient (Wildman–Crippen LogP) is 1.72. The summed E-state index contributed by atoms with van der Waals surface area (Å²) in [6, 6.07) is 5.06. The van der Waals surface area contributed by atoms with Crippen LogP contribution in [-0.4, -0.2) is 60.0 Å². The number of nitrogens with zero attached hydrogens (tertiary/aromatic N) is 4. The van der Waals surface area contributed by atoms with E-state index in [9.17, 15) is 14.0 Å². The van der Waals surface area contributed by atoms with Crippen molar-refractivity contribution in [2.75, 3.05) is 47.8 Å². The summed E-state index contributed by atoms with van der Waals surface area (Å²) in [4.78, 5) is 39.7. The van der Waals surface area contributed by atoms with Crippen molar-refractivity contribution in [3.63, 3.8) is 0 Å². The van der Waals surface area contributed by atoms with Crippen LogP contribution in [0.4, 0.5) is 27.5 Å². The molecule has 182 valence electrons. The first-order chi connectivity index (χ1) is 17.0. The summed E-state index contributed by atoms with van der Waals surface area (Å²) in [5.41, 5.74) is 0.673. The minimum Gasteiger partial charge on any atom is -0.367 e. The van der Waals surface area contributed by atoms with E-state index in [1.165, 1.54) is 6.07 Å². The summed E-state index contributed by atoms with van der Waals surface area (Å²) in [7, 11) is 0. The van der Waals surface area contributed by atoms with Crippen LogP contribution in [0.15, 0.2) is 24.4 Å². The largest absolute Gasteiger partial charge is 0.367 e. The van der Waals surface area contributed by atoms with Crippen LogP contribution in [0.3, 0.4) is 0 Å². The van der Waals surface area contributed by atoms with E-state index in [4.69, 9.17) is 4.98 Å². The fourth-order valence-corrected chi connectivity index (χ4v) is 6.55. The lowest BCUT2D eigenvalue weighted by atomic mass is 9.48. The van der Waals surface area contributed by atoms with Crippen molar-refractivity contribution in [1.82, 2.24) is 20.6 Å². The summed E-state index contributed by atoms with van der Waals surface area (Å²) < 4.78 is 14.9. The maximum Gasteiger partial charge on any atom is 0.244 e. The Balaban J connectivity index is 1.20. The van der Waals surface area contributed by atoms with Crippen LogP contribution in [0, 0.1) is 17.2 Å². The Morgan fingerprint density at radius 3 is 2.57 bits per heavy atom. The summed E-state index contributed by atoms with van der Waals surface area (Å²) in [6.45, 7) is 3.72. The van der Waals surface area contributed by atoms with Crippen LogP contribution in [0.2, 0.25) is 0 Å². The zero-order chi connectivity index (χ0) is 23.8. The highest BCUT2D eigenvalue weighted by atomic mass is 19.1. The number of hydrogen-bond acceptors (Lipinski definition) is 7. The second-order valence-electron chi connectivity index (χ2n) is 10.7. The van der Waals surface area contributed by atoms with Gasteiger partial charge >= 0.3 is 0 Å². The number of anilines is 4. The molecule has 0 radical (unpaired) electrons. The second-order valence-corrected chi connectivity index (χ2v) is 10.7. The Hall–Kier alpha value is -3.27. The molecule has 4 heterocycles. The van der Waals surface area contributed by atoms with Crippen LogP contribution in [-0.2, 0) is 16.0 Å². The number of halogens is 1. The quantitative estimate of drug-likeness (QED) is 0.577. The first kappa shape index (κ1) is 21.0. The van der Waals surface area contributed by atoms with E-state index in [2.05, 4.69) is 20.9 Å². The van der Waals surface area contributed by atoms with Gasteiger partial charge in [0, 0.05) is 56.6 Å². The fourth-order valence-electron chi connectivity index (χ4n) is 6.55. The lowest BCUT2D eigenvalue weighted by Gasteiger charge is -2.67. The first-order valence-electron chi connectivity index (χ1n) is 12.5. The van der Waals surface area contributed by atoms with E-state index in [1.54, 1.807) is 12.3 Å². The van der Waals surface area contributed by atoms with Gasteiger partial charge in [-0.05, 0) is 49.8 Å². The standard InChI is InChI=1S/C25H28FN7O2/c26-18-9-17(1-2-19(18)32-7-5-27-6-8-32)30-23-29-14-16-13-25(3-4-28-21(25)34)22(35)33(20(16)31-23)24-10-15(11-24)12-24/h1-2,9,14-15,27H,3-8,10-13H2,(H,28,34)(H,29,30,31)/t15?,24?,25-/m0/s1. The van der Waals surface area contributed by atoms with E-state index in [0.29, 0.717) is 48.4 Å². The number of carbonyl (C=O) groups excluding carboxylic acids is 2. The van der Waals surface area contributed by atoms with Crippen LogP contribution < -0.4 is 25.8 Å². The second kappa shape index (κ2) is 7.36. The monoisotopic (exact) mass is 477 g/mol. The molecule has 8 rings (SSSR count). The maximum absolute atomic E-state index is 14.9. The van der Waals surface area contributed by atoms with E-state index >= 15 is 0 Å². The molecule has 6 aliphatic rings. The highest BCUT2D eigenvalue weighted by Gasteiger charge is 2.67. The molecule has 35 heavy (non-hydrogen) atoms. The van der Waals surface area contributed by atoms with Gasteiger partial charge in [-0.1, -0.05) is 0 Å². The van der Waals surface area contributed by atoms with E-state index in [-0.39, 0.29) is 23.2 Å². The Bertz CT molecular complexity index is 1230. The first-order valence-corrected chi connectivity index (χ1v) is 12.5. The highest BCUT2D eigenvalue weighted by Crippen LogP contribution is 2.63. The highest BCUT2D eigenvalue weighted by molar-refractivity contribution is 6.15. The molecule has 1 aromatic heterocycles. The summed E-state index contributed by atoms with van der Waals surface area (Å²) in [5, 5.41) is 9.25. The average Bonchev–Trinajstić information content (AvgIpc) is 3.16. The van der Waals surface area contributed by atoms with Crippen molar-refractivity contribution in [3.05, 3.63) is 35.8 Å². The van der Waals surface area contributed by atoms with Gasteiger partial charge in [-0.3, -0.25) is 14.5 Å². The topological polar surface area (TPSA) is 102 Å². The number of carbonyl (C=O) groups is 2. The molecular weight excluding hydrogens is 449 g/mol. The van der Waals surface area contributed by atoms with E-state index in [0.717, 1.165) is 51.0 Å². The van der Waals surface area contributed by atoms with Gasteiger partial charge in [0.05, 0.1) is 11.2 Å². The molecule has 3 N–H and O–H groups in total. The lowest BCUT2D eigenvalue weighted by molar-refractivity contribution is -0.144. The number of fused-ring (bicyclic) bond motifs is 1. The number of nitrogens with one attached hydrogen (secondary N) is 3. The molecule has 10 heteroatoms. The lowest BCUT2D eigenvalue weighted by Crippen LogP contribution is -2.73. The van der Waals surface area contributed by atoms with Gasteiger partial charge in [-0.2, -0.15) is 4.98 Å². The van der Waals surface area contributed by atoms with Crippen LogP contribution in [0.25, 0.3) is 0 Å². The number of piperazine rings is 1. The molecule has 3 aliphatic heterocycles. The van der Waals surface area contributed by atoms with Crippen molar-refractivity contribution in [2.24, 2.45) is 11.3 Å². The molecule has 1 atom stereocenters. The molecule has 2 saturated heterocycles. The smallest absolute Gasteiger partial charge is 0.244 e. The molecule has 3 aliphatic carbocycles. The normalized spacial score (nSPS) is 31.1. The molecule has 1 spiro atoms. The third-order valence-electron chi connectivity index (χ3n) is 8.57. The summed E-state index contributed by atoms with van der Waals surface area (Å²) in [5.74, 6) is 0.956. The van der Waals surface area contributed by atoms with Crippen molar-refractivity contribution in [2.45, 2.75) is 37.6 Å². The number of aromatic nitrogens is 2. The third-order valence-corrected chi connectivity index (χ3v) is 8.57. The van der Waals surface area contributed by atoms with Gasteiger partial charge in [0.25, 0.3) is 0 Å². The molecule has 9 nitrogen and oxygen atoms in total. The Morgan fingerprint density at radius 1 is 1.11 bits per heavy atom. The van der Waals surface area contributed by atoms with E-state index in [1.807, 2.05) is 15.9 Å². The molecule has 2 amide bonds. The summed E-state index contributed by atoms with van der Waals surface area (Å²) >= 11 is 0. The van der Waals surface area contributed by atoms with Gasteiger partial charge in [0.1, 0.15) is 17.1 Å². The van der Waals surface area contributed by atoms with Gasteiger partial charge < -0.3 is 20.9 Å². The third kappa shape index (κ3) is 3.01. The van der Waals surface area contributed by atoms with Gasteiger partial charge in [0.2, 0.25) is 17.8 Å². The molecule has 3 saturated carbocycles. The SMILES string of the molecule is O=C1NCC[C@]12Cc1cnc(Nc3ccc(N4CCNCC4)c(F)c3)nc1N(C13CC(C1)C3)C2=O. The van der Waals surface area contributed by atoms with Crippen molar-refractivity contribution < 1.29 is 14.0 Å². The minimum atomic E-state index is -1.05. The molecule has 0 unspecified atom stereocenters. The molecule has 2 aromatic rings. The van der Waals surface area contributed by atoms with Crippen molar-refractivity contribution in [3.8, 4) is 0 Å². The van der Waals surface area contributed by atoms with Crippen LogP contribution in [0.1, 0.15) is 31.2 Å². The Kier molecular flexibility index (Phi) is 4.43. The average molecular weight is 478 g/mol. The molecule has 1 aromatic carbocycles. The number of hydrogen-bond donors (Lipinski definition) is 3. The zero-order valence-corrected chi connectivity index (χ0v) is 19.4. The molecule has 2 bridgehead atoms. The Morgan fingerprint density at radius 2 is 1.91 bits per heavy atom. The van der Waals surface area contributed by atoms with Crippen LogP contribution >= 0.6 is 0 Å². The van der Waals surface area contributed by atoms with Gasteiger partial charge in [-0.15, -0.1) is 0 Å². The minimum absolute atomic E-state index is 0.130. The number of benzene rings is 1. The summed E-state index contributed by atoms with van der Waals surface area (Å²) in [6.07, 6.45) is 5.41. The van der Waals surface area contributed by atoms with E-state index < -0.39 is 5.41 Å². The molecular formula is C25H28FN7O2. The fraction of sp³-hybridized carbons (Fsp3) is 0.520. The zero-order valence-electron chi connectivity index (χ0n) is 19.4. The van der Waals surface area contributed by atoms with Gasteiger partial charge in [0.15, 0.2) is 0 Å². The maximum atomic E-state index is 14.9. The predicted molar refractivity (Wildman–Crippen MR) is 128 cm³/mol. The Labute approximate surface area is 202 Å². The number of amides is 2. The molecule has 5 fully saturated rings.